The van der Waals surface area contributed by atoms with Gasteiger partial charge in [0, 0.05) is 17.8 Å². The van der Waals surface area contributed by atoms with Crippen LogP contribution in [0.4, 0.5) is 21.1 Å². The van der Waals surface area contributed by atoms with Gasteiger partial charge in [0.25, 0.3) is 0 Å². The van der Waals surface area contributed by atoms with E-state index in [1.54, 1.807) is 4.90 Å². The van der Waals surface area contributed by atoms with Crippen molar-refractivity contribution >= 4 is 23.6 Å². The monoisotopic (exact) mass is 371 g/mol. The third-order valence-corrected chi connectivity index (χ3v) is 4.13. The number of aromatic nitrogens is 2. The number of benzene rings is 1. The number of amides is 3. The lowest BCUT2D eigenvalue weighted by Crippen LogP contribution is -2.40. The number of nitrogens with zero attached hydrogens (tertiary/aromatic N) is 2. The van der Waals surface area contributed by atoms with Crippen LogP contribution in [0.3, 0.4) is 0 Å². The van der Waals surface area contributed by atoms with Crippen LogP contribution < -0.4 is 10.6 Å². The van der Waals surface area contributed by atoms with Crippen molar-refractivity contribution in [1.29, 1.82) is 0 Å². The minimum Gasteiger partial charge on any atom is -0.444 e. The molecule has 8 nitrogen and oxygen atoms in total. The lowest BCUT2D eigenvalue weighted by Gasteiger charge is -2.29. The Hall–Kier alpha value is -3.03. The van der Waals surface area contributed by atoms with Gasteiger partial charge < -0.3 is 15.0 Å². The molecule has 3 rings (SSSR count). The average molecular weight is 371 g/mol. The lowest BCUT2D eigenvalue weighted by molar-refractivity contribution is 0.0221. The SMILES string of the molecule is Cc1ccc(NC(=O)Nc2n[nH]c3c2CCN(C(=O)OC(C)(C)C)C3)cc1. The van der Waals surface area contributed by atoms with Crippen molar-refractivity contribution in [3.05, 3.63) is 41.1 Å². The highest BCUT2D eigenvalue weighted by Crippen LogP contribution is 2.25. The zero-order chi connectivity index (χ0) is 19.6. The molecule has 3 amide bonds. The largest absolute Gasteiger partial charge is 0.444 e. The zero-order valence-electron chi connectivity index (χ0n) is 16.0. The Balaban J connectivity index is 1.61. The molecule has 0 spiro atoms. The summed E-state index contributed by atoms with van der Waals surface area (Å²) < 4.78 is 5.41. The summed E-state index contributed by atoms with van der Waals surface area (Å²) in [5.74, 6) is 0.485. The Bertz CT molecular complexity index is 836. The van der Waals surface area contributed by atoms with E-state index in [0.717, 1.165) is 16.8 Å². The normalized spacial score (nSPS) is 13.7. The third-order valence-electron chi connectivity index (χ3n) is 4.13. The van der Waals surface area contributed by atoms with Gasteiger partial charge in [0.1, 0.15) is 5.60 Å². The molecule has 0 radical (unpaired) electrons. The van der Waals surface area contributed by atoms with E-state index in [4.69, 9.17) is 4.74 Å². The standard InChI is InChI=1S/C19H25N5O3/c1-12-5-7-13(8-6-12)20-17(25)21-16-14-9-10-24(11-15(14)22-23-16)18(26)27-19(2,3)4/h5-8H,9-11H2,1-4H3,(H3,20,21,22,23,25). The van der Waals surface area contributed by atoms with Gasteiger partial charge >= 0.3 is 12.1 Å². The molecule has 8 heteroatoms. The van der Waals surface area contributed by atoms with E-state index < -0.39 is 5.60 Å². The highest BCUT2D eigenvalue weighted by molar-refractivity contribution is 5.99. The number of carbonyl (C=O) groups excluding carboxylic acids is 2. The fourth-order valence-electron chi connectivity index (χ4n) is 2.81. The van der Waals surface area contributed by atoms with Gasteiger partial charge in [-0.3, -0.25) is 10.4 Å². The van der Waals surface area contributed by atoms with E-state index in [-0.39, 0.29) is 12.1 Å². The van der Waals surface area contributed by atoms with Gasteiger partial charge in [0.05, 0.1) is 12.2 Å². The molecule has 1 aliphatic heterocycles. The first kappa shape index (κ1) is 18.8. The van der Waals surface area contributed by atoms with Crippen LogP contribution in [0.1, 0.15) is 37.6 Å². The van der Waals surface area contributed by atoms with Crippen LogP contribution in [0.15, 0.2) is 24.3 Å². The van der Waals surface area contributed by atoms with Gasteiger partial charge in [-0.05, 0) is 46.2 Å². The van der Waals surface area contributed by atoms with Gasteiger partial charge in [0.2, 0.25) is 0 Å². The molecule has 0 fully saturated rings. The molecule has 0 saturated carbocycles. The molecule has 1 aliphatic rings. The Morgan fingerprint density at radius 2 is 1.89 bits per heavy atom. The highest BCUT2D eigenvalue weighted by Gasteiger charge is 2.28. The summed E-state index contributed by atoms with van der Waals surface area (Å²) in [7, 11) is 0. The zero-order valence-corrected chi connectivity index (χ0v) is 16.0. The number of aromatic amines is 1. The van der Waals surface area contributed by atoms with Gasteiger partial charge in [-0.25, -0.2) is 9.59 Å². The van der Waals surface area contributed by atoms with Crippen molar-refractivity contribution in [2.24, 2.45) is 0 Å². The number of hydrogen-bond donors (Lipinski definition) is 3. The molecular weight excluding hydrogens is 346 g/mol. The van der Waals surface area contributed by atoms with E-state index in [1.165, 1.54) is 0 Å². The molecule has 0 aliphatic carbocycles. The fourth-order valence-corrected chi connectivity index (χ4v) is 2.81. The first-order valence-electron chi connectivity index (χ1n) is 8.90. The maximum Gasteiger partial charge on any atom is 0.410 e. The van der Waals surface area contributed by atoms with Crippen molar-refractivity contribution in [1.82, 2.24) is 15.1 Å². The number of aryl methyl sites for hydroxylation is 1. The molecule has 144 valence electrons. The van der Waals surface area contributed by atoms with E-state index >= 15 is 0 Å². The van der Waals surface area contributed by atoms with Crippen molar-refractivity contribution < 1.29 is 14.3 Å². The van der Waals surface area contributed by atoms with Crippen molar-refractivity contribution in [3.63, 3.8) is 0 Å². The fraction of sp³-hybridized carbons (Fsp3) is 0.421. The number of ether oxygens (including phenoxy) is 1. The maximum atomic E-state index is 12.2. The molecule has 1 aromatic carbocycles. The van der Waals surface area contributed by atoms with Crippen LogP contribution in [0.25, 0.3) is 0 Å². The van der Waals surface area contributed by atoms with Crippen LogP contribution in [0.2, 0.25) is 0 Å². The number of carbonyl (C=O) groups is 2. The van der Waals surface area contributed by atoms with Crippen LogP contribution in [-0.4, -0.2) is 39.4 Å². The second kappa shape index (κ2) is 7.30. The Labute approximate surface area is 158 Å². The van der Waals surface area contributed by atoms with Crippen molar-refractivity contribution in [2.45, 2.75) is 46.3 Å². The van der Waals surface area contributed by atoms with Crippen LogP contribution >= 0.6 is 0 Å². The maximum absolute atomic E-state index is 12.2. The minimum atomic E-state index is -0.536. The molecule has 1 aromatic heterocycles. The quantitative estimate of drug-likeness (QED) is 0.750. The first-order valence-corrected chi connectivity index (χ1v) is 8.90. The predicted molar refractivity (Wildman–Crippen MR) is 103 cm³/mol. The Morgan fingerprint density at radius 1 is 1.19 bits per heavy atom. The third kappa shape index (κ3) is 4.78. The van der Waals surface area contributed by atoms with Crippen molar-refractivity contribution in [3.8, 4) is 0 Å². The number of rotatable bonds is 2. The predicted octanol–water partition coefficient (Wildman–Crippen LogP) is 3.66. The lowest BCUT2D eigenvalue weighted by atomic mass is 10.1. The molecule has 0 bridgehead atoms. The summed E-state index contributed by atoms with van der Waals surface area (Å²) in [6.45, 7) is 8.39. The molecule has 27 heavy (non-hydrogen) atoms. The summed E-state index contributed by atoms with van der Waals surface area (Å²) in [5.41, 5.74) is 3.01. The number of fused-ring (bicyclic) bond motifs is 1. The average Bonchev–Trinajstić information content (AvgIpc) is 2.97. The van der Waals surface area contributed by atoms with Gasteiger partial charge in [-0.2, -0.15) is 5.10 Å². The topological polar surface area (TPSA) is 99.4 Å². The molecule has 3 N–H and O–H groups in total. The number of hydrogen-bond acceptors (Lipinski definition) is 4. The summed E-state index contributed by atoms with van der Waals surface area (Å²) >= 11 is 0. The highest BCUT2D eigenvalue weighted by atomic mass is 16.6. The minimum absolute atomic E-state index is 0.352. The van der Waals surface area contributed by atoms with Crippen LogP contribution in [0.5, 0.6) is 0 Å². The smallest absolute Gasteiger partial charge is 0.410 e. The molecular formula is C19H25N5O3. The second-order valence-corrected chi connectivity index (χ2v) is 7.63. The summed E-state index contributed by atoms with van der Waals surface area (Å²) in [6.07, 6.45) is 0.236. The summed E-state index contributed by atoms with van der Waals surface area (Å²) in [6, 6.07) is 7.18. The van der Waals surface area contributed by atoms with E-state index in [2.05, 4.69) is 20.8 Å². The molecule has 0 saturated heterocycles. The second-order valence-electron chi connectivity index (χ2n) is 7.63. The number of anilines is 2. The Kier molecular flexibility index (Phi) is 5.07. The van der Waals surface area contributed by atoms with E-state index in [9.17, 15) is 9.59 Å². The van der Waals surface area contributed by atoms with Crippen LogP contribution in [0, 0.1) is 6.92 Å². The summed E-state index contributed by atoms with van der Waals surface area (Å²) in [5, 5.41) is 12.6. The molecule has 2 aromatic rings. The Morgan fingerprint density at radius 3 is 2.56 bits per heavy atom. The van der Waals surface area contributed by atoms with Gasteiger partial charge in [-0.15, -0.1) is 0 Å². The van der Waals surface area contributed by atoms with Crippen LogP contribution in [-0.2, 0) is 17.7 Å². The summed E-state index contributed by atoms with van der Waals surface area (Å²) in [4.78, 5) is 26.1. The van der Waals surface area contributed by atoms with E-state index in [1.807, 2.05) is 52.0 Å². The van der Waals surface area contributed by atoms with Gasteiger partial charge in [-0.1, -0.05) is 17.7 Å². The van der Waals surface area contributed by atoms with E-state index in [0.29, 0.717) is 31.0 Å². The number of H-pyrrole nitrogens is 1. The van der Waals surface area contributed by atoms with Gasteiger partial charge in [0.15, 0.2) is 5.82 Å². The molecule has 0 unspecified atom stereocenters. The molecule has 0 atom stereocenters. The first-order chi connectivity index (χ1) is 12.7. The number of nitrogens with one attached hydrogen (secondary N) is 3. The molecule has 2 heterocycles. The number of urea groups is 1. The van der Waals surface area contributed by atoms with Crippen molar-refractivity contribution in [2.75, 3.05) is 17.2 Å².